The van der Waals surface area contributed by atoms with E-state index in [1.807, 2.05) is 12.1 Å². The molecule has 0 saturated heterocycles. The van der Waals surface area contributed by atoms with Gasteiger partial charge in [0.1, 0.15) is 5.84 Å². The molecule has 19 heavy (non-hydrogen) atoms. The van der Waals surface area contributed by atoms with Crippen molar-refractivity contribution in [1.82, 2.24) is 0 Å². The van der Waals surface area contributed by atoms with Crippen molar-refractivity contribution in [2.45, 2.75) is 19.8 Å². The molecule has 0 amide bonds. The van der Waals surface area contributed by atoms with Gasteiger partial charge in [-0.1, -0.05) is 18.5 Å². The summed E-state index contributed by atoms with van der Waals surface area (Å²) in [5.41, 5.74) is 7.55. The molecular formula is C13H14ClN3O2. The molecule has 0 saturated carbocycles. The molecule has 0 aliphatic carbocycles. The molecule has 100 valence electrons. The van der Waals surface area contributed by atoms with E-state index >= 15 is 0 Å². The van der Waals surface area contributed by atoms with E-state index in [0.29, 0.717) is 22.4 Å². The van der Waals surface area contributed by atoms with Crippen LogP contribution in [0.1, 0.15) is 25.3 Å². The molecule has 2 aliphatic rings. The van der Waals surface area contributed by atoms with E-state index in [-0.39, 0.29) is 12.7 Å². The Morgan fingerprint density at radius 3 is 3.00 bits per heavy atom. The van der Waals surface area contributed by atoms with E-state index in [0.717, 1.165) is 24.1 Å². The lowest BCUT2D eigenvalue weighted by molar-refractivity contribution is 0.174. The Kier molecular flexibility index (Phi) is 3.06. The van der Waals surface area contributed by atoms with Crippen LogP contribution in [-0.2, 0) is 0 Å². The molecule has 6 heteroatoms. The SMILES string of the molecule is CCC1CC(N)=NN=C1c1cc(Cl)c2c(c1)OCO2. The predicted octanol–water partition coefficient (Wildman–Crippen LogP) is 2.56. The molecular weight excluding hydrogens is 266 g/mol. The van der Waals surface area contributed by atoms with Gasteiger partial charge >= 0.3 is 0 Å². The first-order chi connectivity index (χ1) is 9.19. The minimum atomic E-state index is 0.202. The molecule has 1 unspecified atom stereocenters. The topological polar surface area (TPSA) is 69.2 Å². The second-order valence-electron chi connectivity index (χ2n) is 4.58. The normalized spacial score (nSPS) is 21.1. The molecule has 2 N–H and O–H groups in total. The fraction of sp³-hybridized carbons (Fsp3) is 0.385. The molecule has 2 heterocycles. The first kappa shape index (κ1) is 12.3. The fourth-order valence-electron chi connectivity index (χ4n) is 2.34. The van der Waals surface area contributed by atoms with Gasteiger partial charge in [-0.2, -0.15) is 5.10 Å². The quantitative estimate of drug-likeness (QED) is 0.904. The maximum atomic E-state index is 6.19. The van der Waals surface area contributed by atoms with Crippen LogP contribution in [0.15, 0.2) is 22.3 Å². The van der Waals surface area contributed by atoms with Crippen LogP contribution in [-0.4, -0.2) is 18.3 Å². The highest BCUT2D eigenvalue weighted by Crippen LogP contribution is 2.40. The number of nitrogens with two attached hydrogens (primary N) is 1. The molecule has 0 aromatic heterocycles. The van der Waals surface area contributed by atoms with Crippen molar-refractivity contribution in [2.24, 2.45) is 21.9 Å². The highest BCUT2D eigenvalue weighted by Gasteiger charge is 2.25. The zero-order chi connectivity index (χ0) is 13.4. The first-order valence-electron chi connectivity index (χ1n) is 6.18. The van der Waals surface area contributed by atoms with Crippen molar-refractivity contribution < 1.29 is 9.47 Å². The third-order valence-electron chi connectivity index (χ3n) is 3.34. The Bertz CT molecular complexity index is 583. The smallest absolute Gasteiger partial charge is 0.231 e. The van der Waals surface area contributed by atoms with E-state index in [4.69, 9.17) is 26.8 Å². The Hall–Kier alpha value is -1.75. The number of hydrogen-bond donors (Lipinski definition) is 1. The molecule has 0 radical (unpaired) electrons. The Labute approximate surface area is 116 Å². The third kappa shape index (κ3) is 2.14. The van der Waals surface area contributed by atoms with Gasteiger partial charge in [0, 0.05) is 17.9 Å². The molecule has 0 bridgehead atoms. The van der Waals surface area contributed by atoms with E-state index in [9.17, 15) is 0 Å². The van der Waals surface area contributed by atoms with Crippen molar-refractivity contribution >= 4 is 23.1 Å². The lowest BCUT2D eigenvalue weighted by Gasteiger charge is -2.20. The Morgan fingerprint density at radius 1 is 1.37 bits per heavy atom. The maximum absolute atomic E-state index is 6.19. The molecule has 5 nitrogen and oxygen atoms in total. The van der Waals surface area contributed by atoms with E-state index in [1.54, 1.807) is 0 Å². The van der Waals surface area contributed by atoms with Crippen LogP contribution in [0.4, 0.5) is 0 Å². The average Bonchev–Trinajstić information content (AvgIpc) is 2.87. The lowest BCUT2D eigenvalue weighted by atomic mass is 9.90. The number of fused-ring (bicyclic) bond motifs is 1. The van der Waals surface area contributed by atoms with Gasteiger partial charge < -0.3 is 15.2 Å². The Morgan fingerprint density at radius 2 is 2.21 bits per heavy atom. The van der Waals surface area contributed by atoms with Crippen molar-refractivity contribution in [3.05, 3.63) is 22.7 Å². The van der Waals surface area contributed by atoms with E-state index < -0.39 is 0 Å². The largest absolute Gasteiger partial charge is 0.454 e. The van der Waals surface area contributed by atoms with Crippen molar-refractivity contribution in [3.63, 3.8) is 0 Å². The van der Waals surface area contributed by atoms with Crippen LogP contribution in [0, 0.1) is 5.92 Å². The fourth-order valence-corrected chi connectivity index (χ4v) is 2.60. The molecule has 1 atom stereocenters. The van der Waals surface area contributed by atoms with Crippen molar-refractivity contribution in [2.75, 3.05) is 6.79 Å². The summed E-state index contributed by atoms with van der Waals surface area (Å²) in [4.78, 5) is 0. The van der Waals surface area contributed by atoms with E-state index in [1.165, 1.54) is 0 Å². The molecule has 2 aliphatic heterocycles. The minimum absolute atomic E-state index is 0.202. The number of amidine groups is 1. The number of benzene rings is 1. The summed E-state index contributed by atoms with van der Waals surface area (Å²) in [5, 5.41) is 8.73. The second-order valence-corrected chi connectivity index (χ2v) is 4.98. The van der Waals surface area contributed by atoms with Gasteiger partial charge in [0.15, 0.2) is 11.5 Å². The van der Waals surface area contributed by atoms with Crippen LogP contribution >= 0.6 is 11.6 Å². The van der Waals surface area contributed by atoms with Gasteiger partial charge in [0.05, 0.1) is 10.7 Å². The van der Waals surface area contributed by atoms with E-state index in [2.05, 4.69) is 17.1 Å². The van der Waals surface area contributed by atoms with Crippen LogP contribution in [0.2, 0.25) is 5.02 Å². The van der Waals surface area contributed by atoms with Crippen LogP contribution in [0.5, 0.6) is 11.5 Å². The van der Waals surface area contributed by atoms with Gasteiger partial charge in [-0.3, -0.25) is 0 Å². The van der Waals surface area contributed by atoms with Crippen molar-refractivity contribution in [1.29, 1.82) is 0 Å². The van der Waals surface area contributed by atoms with Gasteiger partial charge in [-0.25, -0.2) is 0 Å². The standard InChI is InChI=1S/C13H14ClN3O2/c1-2-7-5-11(15)16-17-12(7)8-3-9(14)13-10(4-8)18-6-19-13/h3-4,7H,2,5-6H2,1H3,(H2,15,16). The number of ether oxygens (including phenoxy) is 2. The monoisotopic (exact) mass is 279 g/mol. The third-order valence-corrected chi connectivity index (χ3v) is 3.62. The van der Waals surface area contributed by atoms with Crippen LogP contribution in [0.3, 0.4) is 0 Å². The second kappa shape index (κ2) is 4.74. The van der Waals surface area contributed by atoms with Gasteiger partial charge in [-0.05, 0) is 18.6 Å². The molecule has 1 aromatic rings. The summed E-state index contributed by atoms with van der Waals surface area (Å²) in [7, 11) is 0. The molecule has 0 fully saturated rings. The number of halogens is 1. The van der Waals surface area contributed by atoms with Crippen LogP contribution in [0.25, 0.3) is 0 Å². The number of rotatable bonds is 2. The summed E-state index contributed by atoms with van der Waals surface area (Å²) >= 11 is 6.19. The minimum Gasteiger partial charge on any atom is -0.454 e. The zero-order valence-corrected chi connectivity index (χ0v) is 11.3. The highest BCUT2D eigenvalue weighted by molar-refractivity contribution is 6.33. The summed E-state index contributed by atoms with van der Waals surface area (Å²) in [6.45, 7) is 2.31. The predicted molar refractivity (Wildman–Crippen MR) is 74.1 cm³/mol. The highest BCUT2D eigenvalue weighted by atomic mass is 35.5. The summed E-state index contributed by atoms with van der Waals surface area (Å²) in [6, 6.07) is 3.74. The molecule has 1 aromatic carbocycles. The summed E-state index contributed by atoms with van der Waals surface area (Å²) in [5.74, 6) is 2.08. The lowest BCUT2D eigenvalue weighted by Crippen LogP contribution is -2.26. The first-order valence-corrected chi connectivity index (χ1v) is 6.56. The average molecular weight is 280 g/mol. The molecule has 0 spiro atoms. The zero-order valence-electron chi connectivity index (χ0n) is 10.5. The van der Waals surface area contributed by atoms with Crippen LogP contribution < -0.4 is 15.2 Å². The van der Waals surface area contributed by atoms with Crippen molar-refractivity contribution in [3.8, 4) is 11.5 Å². The maximum Gasteiger partial charge on any atom is 0.231 e. The Balaban J connectivity index is 2.04. The summed E-state index contributed by atoms with van der Waals surface area (Å²) < 4.78 is 10.7. The number of nitrogens with zero attached hydrogens (tertiary/aromatic N) is 2. The molecule has 3 rings (SSSR count). The summed E-state index contributed by atoms with van der Waals surface area (Å²) in [6.07, 6.45) is 1.67. The van der Waals surface area contributed by atoms with Gasteiger partial charge in [0.25, 0.3) is 0 Å². The van der Waals surface area contributed by atoms with Gasteiger partial charge in [-0.15, -0.1) is 5.10 Å². The van der Waals surface area contributed by atoms with Gasteiger partial charge in [0.2, 0.25) is 6.79 Å². The number of hydrogen-bond acceptors (Lipinski definition) is 5.